The molecule has 2 heterocycles. The van der Waals surface area contributed by atoms with E-state index in [2.05, 4.69) is 31.0 Å². The molecule has 0 aliphatic rings. The van der Waals surface area contributed by atoms with E-state index >= 15 is 0 Å². The van der Waals surface area contributed by atoms with Crippen molar-refractivity contribution in [3.63, 3.8) is 0 Å². The average molecular weight is 527 g/mol. The van der Waals surface area contributed by atoms with Crippen molar-refractivity contribution in [3.05, 3.63) is 70.2 Å². The van der Waals surface area contributed by atoms with E-state index in [9.17, 15) is 4.39 Å². The highest BCUT2D eigenvalue weighted by Crippen LogP contribution is 2.24. The Morgan fingerprint density at radius 1 is 1.28 bits per heavy atom. The molecule has 0 unspecified atom stereocenters. The van der Waals surface area contributed by atoms with Crippen molar-refractivity contribution in [1.82, 2.24) is 20.6 Å². The molecule has 0 saturated carbocycles. The summed E-state index contributed by atoms with van der Waals surface area (Å²) in [7, 11) is 1.70. The summed E-state index contributed by atoms with van der Waals surface area (Å²) < 4.78 is 19.8. The number of halogens is 2. The Labute approximate surface area is 190 Å². The number of rotatable bonds is 7. The minimum atomic E-state index is -0.426. The number of aromatic nitrogens is 2. The summed E-state index contributed by atoms with van der Waals surface area (Å²) in [5, 5.41) is 9.54. The van der Waals surface area contributed by atoms with Crippen LogP contribution in [-0.4, -0.2) is 29.5 Å². The number of nitrogens with one attached hydrogen (secondary N) is 2. The van der Waals surface area contributed by atoms with Crippen LogP contribution in [0.3, 0.4) is 0 Å². The number of thiazole rings is 1. The number of pyridine rings is 1. The van der Waals surface area contributed by atoms with Gasteiger partial charge in [-0.2, -0.15) is 0 Å². The average Bonchev–Trinajstić information content (AvgIpc) is 3.12. The van der Waals surface area contributed by atoms with Crippen LogP contribution in [-0.2, 0) is 13.0 Å². The van der Waals surface area contributed by atoms with Crippen molar-refractivity contribution in [2.24, 2.45) is 4.99 Å². The molecule has 2 aromatic heterocycles. The van der Waals surface area contributed by atoms with Crippen LogP contribution in [0.5, 0.6) is 11.5 Å². The van der Waals surface area contributed by atoms with Crippen molar-refractivity contribution in [3.8, 4) is 11.5 Å². The number of aliphatic imine (C=N–C) groups is 1. The van der Waals surface area contributed by atoms with E-state index in [1.807, 2.05) is 13.0 Å². The number of hydrogen-bond donors (Lipinski definition) is 2. The first kappa shape index (κ1) is 23.0. The van der Waals surface area contributed by atoms with Gasteiger partial charge in [-0.05, 0) is 36.8 Å². The monoisotopic (exact) mass is 527 g/mol. The second-order valence-corrected chi connectivity index (χ2v) is 7.08. The zero-order valence-electron chi connectivity index (χ0n) is 16.2. The van der Waals surface area contributed by atoms with Gasteiger partial charge in [-0.1, -0.05) is 6.07 Å². The number of nitrogens with zero attached hydrogens (tertiary/aromatic N) is 3. The third kappa shape index (κ3) is 7.24. The first-order valence-electron chi connectivity index (χ1n) is 8.86. The quantitative estimate of drug-likeness (QED) is 0.273. The molecule has 0 spiro atoms. The van der Waals surface area contributed by atoms with Gasteiger partial charge in [-0.25, -0.2) is 9.37 Å². The van der Waals surface area contributed by atoms with E-state index in [0.29, 0.717) is 18.3 Å². The molecule has 2 N–H and O–H groups in total. The lowest BCUT2D eigenvalue weighted by Crippen LogP contribution is -2.37. The maximum Gasteiger partial charge on any atom is 0.191 e. The van der Waals surface area contributed by atoms with E-state index in [-0.39, 0.29) is 29.7 Å². The molecule has 6 nitrogen and oxygen atoms in total. The van der Waals surface area contributed by atoms with Gasteiger partial charge in [0.1, 0.15) is 5.75 Å². The van der Waals surface area contributed by atoms with E-state index in [4.69, 9.17) is 4.74 Å². The lowest BCUT2D eigenvalue weighted by Gasteiger charge is -2.12. The third-order valence-electron chi connectivity index (χ3n) is 3.88. The van der Waals surface area contributed by atoms with Crippen LogP contribution in [0.4, 0.5) is 4.39 Å². The molecule has 1 aromatic carbocycles. The first-order chi connectivity index (χ1) is 13.6. The first-order valence-corrected chi connectivity index (χ1v) is 9.74. The Balaban J connectivity index is 0.00000300. The lowest BCUT2D eigenvalue weighted by molar-refractivity contribution is 0.440. The van der Waals surface area contributed by atoms with Crippen LogP contribution >= 0.6 is 35.3 Å². The van der Waals surface area contributed by atoms with Gasteiger partial charge in [0.15, 0.2) is 17.5 Å². The van der Waals surface area contributed by atoms with Crippen molar-refractivity contribution >= 4 is 41.3 Å². The fourth-order valence-electron chi connectivity index (χ4n) is 2.51. The fourth-order valence-corrected chi connectivity index (χ4v) is 3.16. The smallest absolute Gasteiger partial charge is 0.191 e. The predicted octanol–water partition coefficient (Wildman–Crippen LogP) is 4.30. The number of ether oxygens (including phenoxy) is 1. The number of guanidine groups is 1. The summed E-state index contributed by atoms with van der Waals surface area (Å²) in [6.07, 6.45) is 3.99. The van der Waals surface area contributed by atoms with Crippen LogP contribution in [0, 0.1) is 12.7 Å². The van der Waals surface area contributed by atoms with Gasteiger partial charge in [0.05, 0.1) is 16.9 Å². The van der Waals surface area contributed by atoms with Gasteiger partial charge < -0.3 is 15.4 Å². The molecule has 0 bridgehead atoms. The molecule has 0 aliphatic carbocycles. The zero-order chi connectivity index (χ0) is 19.8. The van der Waals surface area contributed by atoms with Gasteiger partial charge in [0.2, 0.25) is 0 Å². The molecule has 0 aliphatic heterocycles. The second-order valence-electron chi connectivity index (χ2n) is 6.02. The summed E-state index contributed by atoms with van der Waals surface area (Å²) in [5.74, 6) is 0.887. The summed E-state index contributed by atoms with van der Waals surface area (Å²) in [6, 6.07) is 8.33. The summed E-state index contributed by atoms with van der Waals surface area (Å²) >= 11 is 1.65. The molecule has 154 valence electrons. The Bertz CT molecular complexity index is 936. The maximum absolute atomic E-state index is 14.3. The highest BCUT2D eigenvalue weighted by Gasteiger charge is 2.07. The van der Waals surface area contributed by atoms with Crippen LogP contribution < -0.4 is 15.4 Å². The zero-order valence-corrected chi connectivity index (χ0v) is 19.3. The van der Waals surface area contributed by atoms with Crippen molar-refractivity contribution < 1.29 is 9.13 Å². The molecule has 0 amide bonds. The Hall–Kier alpha value is -2.27. The van der Waals surface area contributed by atoms with Gasteiger partial charge >= 0.3 is 0 Å². The molecular weight excluding hydrogens is 504 g/mol. The van der Waals surface area contributed by atoms with E-state index in [0.717, 1.165) is 29.2 Å². The molecule has 9 heteroatoms. The van der Waals surface area contributed by atoms with Crippen molar-refractivity contribution in [2.75, 3.05) is 13.6 Å². The highest BCUT2D eigenvalue weighted by molar-refractivity contribution is 14.0. The van der Waals surface area contributed by atoms with Gasteiger partial charge in [0.25, 0.3) is 0 Å². The normalized spacial score (nSPS) is 10.9. The molecular formula is C20H23FIN5OS. The highest BCUT2D eigenvalue weighted by atomic mass is 127. The van der Waals surface area contributed by atoms with Crippen LogP contribution in [0.1, 0.15) is 16.3 Å². The standard InChI is InChI=1S/C20H22FN5OS.HI/c1-14-26-16(13-28-14)7-9-24-20(22-2)25-11-15-5-6-19(18(21)10-15)27-17-4-3-8-23-12-17;/h3-6,8,10,12-13H,7,9,11H2,1-2H3,(H2,22,24,25);1H. The molecule has 3 aromatic rings. The minimum absolute atomic E-state index is 0. The second kappa shape index (κ2) is 11.7. The van der Waals surface area contributed by atoms with E-state index < -0.39 is 5.82 Å². The molecule has 0 radical (unpaired) electrons. The third-order valence-corrected chi connectivity index (χ3v) is 4.70. The van der Waals surface area contributed by atoms with E-state index in [1.165, 1.54) is 12.3 Å². The van der Waals surface area contributed by atoms with E-state index in [1.54, 1.807) is 42.8 Å². The van der Waals surface area contributed by atoms with Crippen molar-refractivity contribution in [1.29, 1.82) is 0 Å². The lowest BCUT2D eigenvalue weighted by atomic mass is 10.2. The van der Waals surface area contributed by atoms with Gasteiger partial charge in [-0.15, -0.1) is 35.3 Å². The minimum Gasteiger partial charge on any atom is -0.453 e. The summed E-state index contributed by atoms with van der Waals surface area (Å²) in [4.78, 5) is 12.6. The number of aryl methyl sites for hydroxylation is 1. The van der Waals surface area contributed by atoms with Gasteiger partial charge in [0, 0.05) is 38.1 Å². The number of benzene rings is 1. The molecule has 0 fully saturated rings. The van der Waals surface area contributed by atoms with Crippen molar-refractivity contribution in [2.45, 2.75) is 19.9 Å². The van der Waals surface area contributed by atoms with Gasteiger partial charge in [-0.3, -0.25) is 9.98 Å². The maximum atomic E-state index is 14.3. The molecule has 0 saturated heterocycles. The topological polar surface area (TPSA) is 71.4 Å². The largest absolute Gasteiger partial charge is 0.453 e. The predicted molar refractivity (Wildman–Crippen MR) is 125 cm³/mol. The summed E-state index contributed by atoms with van der Waals surface area (Å²) in [6.45, 7) is 3.16. The van der Waals surface area contributed by atoms with Crippen LogP contribution in [0.25, 0.3) is 0 Å². The SMILES string of the molecule is CN=C(NCCc1csc(C)n1)NCc1ccc(Oc2cccnc2)c(F)c1.I. The Morgan fingerprint density at radius 2 is 2.14 bits per heavy atom. The van der Waals surface area contributed by atoms with Crippen LogP contribution in [0.15, 0.2) is 53.1 Å². The Morgan fingerprint density at radius 3 is 2.79 bits per heavy atom. The molecule has 3 rings (SSSR count). The Kier molecular flexibility index (Phi) is 9.26. The van der Waals surface area contributed by atoms with Crippen LogP contribution in [0.2, 0.25) is 0 Å². The fraction of sp³-hybridized carbons (Fsp3) is 0.250. The number of hydrogen-bond acceptors (Lipinski definition) is 5. The molecule has 29 heavy (non-hydrogen) atoms. The summed E-state index contributed by atoms with van der Waals surface area (Å²) in [5.41, 5.74) is 1.85. The molecule has 0 atom stereocenters.